The maximum atomic E-state index is 13.6. The summed E-state index contributed by atoms with van der Waals surface area (Å²) in [5, 5.41) is 13.2. The highest BCUT2D eigenvalue weighted by atomic mass is 32.2. The molecule has 1 aromatic carbocycles. The summed E-state index contributed by atoms with van der Waals surface area (Å²) in [7, 11) is -3.96. The van der Waals surface area contributed by atoms with Crippen molar-refractivity contribution in [3.05, 3.63) is 29.6 Å². The number of aryl methyl sites for hydroxylation is 1. The number of hydrogen-bond donors (Lipinski definition) is 3. The lowest BCUT2D eigenvalue weighted by Gasteiger charge is -2.32. The van der Waals surface area contributed by atoms with Gasteiger partial charge in [-0.1, -0.05) is 6.07 Å². The molecular weight excluding hydrogens is 283 g/mol. The van der Waals surface area contributed by atoms with Crippen molar-refractivity contribution in [3.8, 4) is 0 Å². The van der Waals surface area contributed by atoms with Gasteiger partial charge in [-0.25, -0.2) is 17.5 Å². The summed E-state index contributed by atoms with van der Waals surface area (Å²) < 4.78 is 40.1. The van der Waals surface area contributed by atoms with Gasteiger partial charge in [0.25, 0.3) is 0 Å². The molecule has 0 radical (unpaired) electrons. The lowest BCUT2D eigenvalue weighted by atomic mass is 9.95. The molecule has 5 nitrogen and oxygen atoms in total. The molecule has 7 heteroatoms. The number of piperidine rings is 1. The SMILES string of the molecule is Cc1ccc(F)c(S(=O)(=O)NC[C@]2(O)CCCNC2)c1. The zero-order valence-electron chi connectivity index (χ0n) is 11.3. The first-order chi connectivity index (χ1) is 9.32. The van der Waals surface area contributed by atoms with Crippen LogP contribution in [0.1, 0.15) is 18.4 Å². The summed E-state index contributed by atoms with van der Waals surface area (Å²) in [6.07, 6.45) is 1.29. The standard InChI is InChI=1S/C13H19FN2O3S/c1-10-3-4-11(14)12(7-10)20(18,19)16-9-13(17)5-2-6-15-8-13/h3-4,7,15-17H,2,5-6,8-9H2,1H3/t13-/m0/s1. The Morgan fingerprint density at radius 2 is 2.25 bits per heavy atom. The first-order valence-electron chi connectivity index (χ1n) is 6.51. The van der Waals surface area contributed by atoms with E-state index in [4.69, 9.17) is 0 Å². The van der Waals surface area contributed by atoms with E-state index in [-0.39, 0.29) is 11.4 Å². The number of hydrogen-bond acceptors (Lipinski definition) is 4. The van der Waals surface area contributed by atoms with Crippen LogP contribution < -0.4 is 10.0 Å². The minimum Gasteiger partial charge on any atom is -0.387 e. The van der Waals surface area contributed by atoms with Crippen LogP contribution in [0.4, 0.5) is 4.39 Å². The van der Waals surface area contributed by atoms with Gasteiger partial charge in [0, 0.05) is 13.1 Å². The molecule has 0 saturated carbocycles. The summed E-state index contributed by atoms with van der Waals surface area (Å²) in [6, 6.07) is 3.91. The molecule has 0 spiro atoms. The highest BCUT2D eigenvalue weighted by Crippen LogP contribution is 2.18. The maximum Gasteiger partial charge on any atom is 0.243 e. The van der Waals surface area contributed by atoms with Crippen LogP contribution in [-0.4, -0.2) is 38.8 Å². The molecule has 112 valence electrons. The van der Waals surface area contributed by atoms with Crippen LogP contribution in [0.25, 0.3) is 0 Å². The van der Waals surface area contributed by atoms with Gasteiger partial charge in [-0.2, -0.15) is 0 Å². The zero-order chi connectivity index (χ0) is 14.8. The summed E-state index contributed by atoms with van der Waals surface area (Å²) in [6.45, 7) is 2.69. The number of rotatable bonds is 4. The molecule has 1 saturated heterocycles. The first-order valence-corrected chi connectivity index (χ1v) is 8.00. The largest absolute Gasteiger partial charge is 0.387 e. The van der Waals surface area contributed by atoms with Crippen molar-refractivity contribution in [2.45, 2.75) is 30.3 Å². The molecule has 0 aromatic heterocycles. The van der Waals surface area contributed by atoms with E-state index in [2.05, 4.69) is 10.0 Å². The van der Waals surface area contributed by atoms with Gasteiger partial charge < -0.3 is 10.4 Å². The Hall–Kier alpha value is -1.02. The van der Waals surface area contributed by atoms with Crippen molar-refractivity contribution < 1.29 is 17.9 Å². The summed E-state index contributed by atoms with van der Waals surface area (Å²) in [5.74, 6) is -0.795. The van der Waals surface area contributed by atoms with Crippen LogP contribution in [0.3, 0.4) is 0 Å². The van der Waals surface area contributed by atoms with Gasteiger partial charge in [-0.15, -0.1) is 0 Å². The minimum atomic E-state index is -3.96. The van der Waals surface area contributed by atoms with Gasteiger partial charge in [-0.05, 0) is 44.0 Å². The third kappa shape index (κ3) is 3.54. The van der Waals surface area contributed by atoms with Gasteiger partial charge >= 0.3 is 0 Å². The van der Waals surface area contributed by atoms with E-state index in [9.17, 15) is 17.9 Å². The van der Waals surface area contributed by atoms with Crippen LogP contribution in [-0.2, 0) is 10.0 Å². The van der Waals surface area contributed by atoms with Crippen molar-refractivity contribution in [3.63, 3.8) is 0 Å². The molecule has 1 aromatic rings. The van der Waals surface area contributed by atoms with Crippen LogP contribution >= 0.6 is 0 Å². The number of aliphatic hydroxyl groups is 1. The Balaban J connectivity index is 2.13. The molecule has 1 aliphatic heterocycles. The summed E-state index contributed by atoms with van der Waals surface area (Å²) in [4.78, 5) is -0.384. The highest BCUT2D eigenvalue weighted by molar-refractivity contribution is 7.89. The van der Waals surface area contributed by atoms with Gasteiger partial charge in [-0.3, -0.25) is 0 Å². The number of β-amino-alcohol motifs (C(OH)–C–C–N with tert-alkyl or cyclic N) is 1. The molecule has 2 rings (SSSR count). The maximum absolute atomic E-state index is 13.6. The van der Waals surface area contributed by atoms with E-state index in [0.717, 1.165) is 19.0 Å². The Labute approximate surface area is 118 Å². The first kappa shape index (κ1) is 15.4. The minimum absolute atomic E-state index is 0.129. The molecule has 3 N–H and O–H groups in total. The van der Waals surface area contributed by atoms with Crippen molar-refractivity contribution >= 4 is 10.0 Å². The summed E-state index contributed by atoms with van der Waals surface area (Å²) >= 11 is 0. The van der Waals surface area contributed by atoms with E-state index < -0.39 is 21.4 Å². The molecule has 0 amide bonds. The second kappa shape index (κ2) is 5.77. The molecule has 0 aliphatic carbocycles. The fraction of sp³-hybridized carbons (Fsp3) is 0.538. The van der Waals surface area contributed by atoms with E-state index in [1.54, 1.807) is 6.92 Å². The van der Waals surface area contributed by atoms with Crippen LogP contribution in [0.5, 0.6) is 0 Å². The molecule has 20 heavy (non-hydrogen) atoms. The highest BCUT2D eigenvalue weighted by Gasteiger charge is 2.31. The molecule has 0 bridgehead atoms. The van der Waals surface area contributed by atoms with E-state index in [0.29, 0.717) is 18.5 Å². The van der Waals surface area contributed by atoms with E-state index in [1.165, 1.54) is 12.1 Å². The van der Waals surface area contributed by atoms with Crippen molar-refractivity contribution in [1.29, 1.82) is 0 Å². The Bertz CT molecular complexity index is 583. The molecule has 1 fully saturated rings. The number of benzene rings is 1. The van der Waals surface area contributed by atoms with Crippen molar-refractivity contribution in [1.82, 2.24) is 10.0 Å². The normalized spacial score (nSPS) is 23.8. The lowest BCUT2D eigenvalue weighted by molar-refractivity contribution is 0.0218. The van der Waals surface area contributed by atoms with Gasteiger partial charge in [0.15, 0.2) is 0 Å². The van der Waals surface area contributed by atoms with Crippen molar-refractivity contribution in [2.24, 2.45) is 0 Å². The van der Waals surface area contributed by atoms with E-state index >= 15 is 0 Å². The zero-order valence-corrected chi connectivity index (χ0v) is 12.1. The summed E-state index contributed by atoms with van der Waals surface area (Å²) in [5.41, 5.74) is -0.462. The van der Waals surface area contributed by atoms with Gasteiger partial charge in [0.05, 0.1) is 5.60 Å². The quantitative estimate of drug-likeness (QED) is 0.758. The Morgan fingerprint density at radius 3 is 2.90 bits per heavy atom. The fourth-order valence-corrected chi connectivity index (χ4v) is 3.51. The predicted octanol–water partition coefficient (Wildman–Crippen LogP) is 0.527. The molecular formula is C13H19FN2O3S. The molecule has 1 heterocycles. The lowest BCUT2D eigenvalue weighted by Crippen LogP contribution is -2.52. The number of halogens is 1. The average molecular weight is 302 g/mol. The Morgan fingerprint density at radius 1 is 1.50 bits per heavy atom. The molecule has 1 aliphatic rings. The Kier molecular flexibility index (Phi) is 4.43. The third-order valence-corrected chi connectivity index (χ3v) is 4.83. The van der Waals surface area contributed by atoms with Crippen LogP contribution in [0.15, 0.2) is 23.1 Å². The van der Waals surface area contributed by atoms with Crippen LogP contribution in [0, 0.1) is 12.7 Å². The second-order valence-corrected chi connectivity index (χ2v) is 7.00. The number of nitrogens with one attached hydrogen (secondary N) is 2. The smallest absolute Gasteiger partial charge is 0.243 e. The van der Waals surface area contributed by atoms with E-state index in [1.807, 2.05) is 0 Å². The van der Waals surface area contributed by atoms with Crippen molar-refractivity contribution in [2.75, 3.05) is 19.6 Å². The van der Waals surface area contributed by atoms with Gasteiger partial charge in [0.2, 0.25) is 10.0 Å². The topological polar surface area (TPSA) is 78.4 Å². The number of sulfonamides is 1. The fourth-order valence-electron chi connectivity index (χ4n) is 2.23. The molecule has 0 unspecified atom stereocenters. The van der Waals surface area contributed by atoms with Crippen LogP contribution in [0.2, 0.25) is 0 Å². The average Bonchev–Trinajstić information content (AvgIpc) is 2.40. The monoisotopic (exact) mass is 302 g/mol. The third-order valence-electron chi connectivity index (χ3n) is 3.42. The predicted molar refractivity (Wildman–Crippen MR) is 73.4 cm³/mol. The van der Waals surface area contributed by atoms with Gasteiger partial charge in [0.1, 0.15) is 10.7 Å². The molecule has 1 atom stereocenters. The second-order valence-electron chi connectivity index (χ2n) is 5.26.